The summed E-state index contributed by atoms with van der Waals surface area (Å²) in [4.78, 5) is 6.55. The van der Waals surface area contributed by atoms with Crippen LogP contribution in [0.3, 0.4) is 0 Å². The minimum Gasteiger partial charge on any atom is -0.334 e. The smallest absolute Gasteiger partial charge is 0.257 e. The number of piperazine rings is 1. The van der Waals surface area contributed by atoms with Crippen molar-refractivity contribution >= 4 is 33.0 Å². The molecule has 1 aromatic carbocycles. The Bertz CT molecular complexity index is 1010. The van der Waals surface area contributed by atoms with Crippen molar-refractivity contribution in [3.8, 4) is 11.5 Å². The first-order chi connectivity index (χ1) is 13.0. The Hall–Kier alpha value is -1.78. The van der Waals surface area contributed by atoms with Crippen LogP contribution in [0.1, 0.15) is 5.82 Å². The van der Waals surface area contributed by atoms with Gasteiger partial charge in [-0.05, 0) is 24.3 Å². The molecule has 0 aliphatic carbocycles. The highest BCUT2D eigenvalue weighted by molar-refractivity contribution is 7.91. The monoisotopic (exact) mass is 424 g/mol. The van der Waals surface area contributed by atoms with Gasteiger partial charge in [0.25, 0.3) is 15.9 Å². The molecule has 1 aliphatic rings. The lowest BCUT2D eigenvalue weighted by atomic mass is 10.2. The number of halogens is 1. The number of hydrogen-bond donors (Lipinski definition) is 0. The minimum atomic E-state index is -3.48. The molecule has 142 valence electrons. The largest absolute Gasteiger partial charge is 0.334 e. The van der Waals surface area contributed by atoms with Gasteiger partial charge in [0, 0.05) is 31.7 Å². The molecule has 27 heavy (non-hydrogen) atoms. The van der Waals surface area contributed by atoms with Crippen molar-refractivity contribution in [2.75, 3.05) is 26.2 Å². The third-order valence-electron chi connectivity index (χ3n) is 4.33. The van der Waals surface area contributed by atoms with Crippen molar-refractivity contribution < 1.29 is 12.9 Å². The topological polar surface area (TPSA) is 79.5 Å². The quantitative estimate of drug-likeness (QED) is 0.626. The van der Waals surface area contributed by atoms with E-state index in [2.05, 4.69) is 15.0 Å². The molecule has 7 nitrogen and oxygen atoms in total. The summed E-state index contributed by atoms with van der Waals surface area (Å²) in [5.41, 5.74) is 0.877. The Labute approximate surface area is 166 Å². The van der Waals surface area contributed by atoms with E-state index in [4.69, 9.17) is 16.1 Å². The van der Waals surface area contributed by atoms with Gasteiger partial charge in [-0.1, -0.05) is 35.0 Å². The van der Waals surface area contributed by atoms with Gasteiger partial charge < -0.3 is 4.52 Å². The van der Waals surface area contributed by atoms with Crippen molar-refractivity contribution in [2.45, 2.75) is 10.8 Å². The van der Waals surface area contributed by atoms with Gasteiger partial charge in [-0.2, -0.15) is 9.29 Å². The number of benzene rings is 1. The highest BCUT2D eigenvalue weighted by Crippen LogP contribution is 2.28. The van der Waals surface area contributed by atoms with E-state index < -0.39 is 10.0 Å². The van der Waals surface area contributed by atoms with E-state index in [1.807, 2.05) is 30.3 Å². The van der Waals surface area contributed by atoms with Crippen LogP contribution in [-0.2, 0) is 16.6 Å². The summed E-state index contributed by atoms with van der Waals surface area (Å²) in [5, 5.41) is 4.03. The van der Waals surface area contributed by atoms with Crippen LogP contribution in [0.15, 0.2) is 51.2 Å². The maximum atomic E-state index is 12.6. The summed E-state index contributed by atoms with van der Waals surface area (Å²) in [6.07, 6.45) is 0. The summed E-state index contributed by atoms with van der Waals surface area (Å²) in [7, 11) is -3.48. The van der Waals surface area contributed by atoms with Crippen LogP contribution in [0.5, 0.6) is 0 Å². The van der Waals surface area contributed by atoms with Gasteiger partial charge in [-0.3, -0.25) is 4.90 Å². The summed E-state index contributed by atoms with van der Waals surface area (Å²) < 4.78 is 32.9. The lowest BCUT2D eigenvalue weighted by molar-refractivity contribution is 0.176. The molecular formula is C17H17ClN4O3S2. The zero-order chi connectivity index (χ0) is 18.9. The first kappa shape index (κ1) is 18.6. The first-order valence-corrected chi connectivity index (χ1v) is 11.0. The second-order valence-corrected chi connectivity index (χ2v) is 10.0. The van der Waals surface area contributed by atoms with Gasteiger partial charge in [0.2, 0.25) is 0 Å². The molecule has 1 fully saturated rings. The minimum absolute atomic E-state index is 0.284. The lowest BCUT2D eigenvalue weighted by Crippen LogP contribution is -2.48. The predicted octanol–water partition coefficient (Wildman–Crippen LogP) is 2.96. The Morgan fingerprint density at radius 3 is 2.48 bits per heavy atom. The van der Waals surface area contributed by atoms with Gasteiger partial charge in [-0.15, -0.1) is 11.3 Å². The van der Waals surface area contributed by atoms with E-state index in [0.717, 1.165) is 16.9 Å². The number of aromatic nitrogens is 2. The maximum absolute atomic E-state index is 12.6. The fraction of sp³-hybridized carbons (Fsp3) is 0.294. The molecule has 4 rings (SSSR count). The molecule has 0 radical (unpaired) electrons. The van der Waals surface area contributed by atoms with E-state index >= 15 is 0 Å². The van der Waals surface area contributed by atoms with Crippen LogP contribution in [0.25, 0.3) is 11.5 Å². The van der Waals surface area contributed by atoms with Crippen LogP contribution in [0.4, 0.5) is 0 Å². The Balaban J connectivity index is 1.37. The van der Waals surface area contributed by atoms with Gasteiger partial charge >= 0.3 is 0 Å². The summed E-state index contributed by atoms with van der Waals surface area (Å²) in [6.45, 7) is 2.57. The first-order valence-electron chi connectivity index (χ1n) is 8.38. The molecule has 3 aromatic rings. The average Bonchev–Trinajstić information content (AvgIpc) is 3.32. The van der Waals surface area contributed by atoms with Gasteiger partial charge in [0.1, 0.15) is 4.21 Å². The van der Waals surface area contributed by atoms with E-state index in [1.165, 1.54) is 4.31 Å². The number of rotatable bonds is 5. The van der Waals surface area contributed by atoms with Crippen molar-refractivity contribution in [3.63, 3.8) is 0 Å². The molecule has 1 saturated heterocycles. The molecule has 0 atom stereocenters. The molecule has 2 aromatic heterocycles. The molecule has 0 spiro atoms. The maximum Gasteiger partial charge on any atom is 0.257 e. The molecule has 0 saturated carbocycles. The molecule has 0 unspecified atom stereocenters. The van der Waals surface area contributed by atoms with Crippen molar-refractivity contribution in [1.29, 1.82) is 0 Å². The van der Waals surface area contributed by atoms with Crippen molar-refractivity contribution in [2.24, 2.45) is 0 Å². The van der Waals surface area contributed by atoms with Crippen molar-refractivity contribution in [3.05, 3.63) is 52.6 Å². The van der Waals surface area contributed by atoms with Crippen LogP contribution in [-0.4, -0.2) is 53.9 Å². The van der Waals surface area contributed by atoms with E-state index in [1.54, 1.807) is 12.1 Å². The molecule has 3 heterocycles. The SMILES string of the molecule is O=S(=O)(c1ccc(Cl)s1)N1CCN(Cc2noc(-c3ccccc3)n2)CC1. The zero-order valence-electron chi connectivity index (χ0n) is 14.3. The number of nitrogens with zero attached hydrogens (tertiary/aromatic N) is 4. The Morgan fingerprint density at radius 1 is 1.07 bits per heavy atom. The highest BCUT2D eigenvalue weighted by atomic mass is 35.5. The highest BCUT2D eigenvalue weighted by Gasteiger charge is 2.30. The third-order valence-corrected chi connectivity index (χ3v) is 7.93. The Morgan fingerprint density at radius 2 is 1.81 bits per heavy atom. The average molecular weight is 425 g/mol. The van der Waals surface area contributed by atoms with Gasteiger partial charge in [0.05, 0.1) is 10.9 Å². The van der Waals surface area contributed by atoms with E-state index in [9.17, 15) is 8.42 Å². The molecule has 1 aliphatic heterocycles. The van der Waals surface area contributed by atoms with E-state index in [0.29, 0.717) is 48.8 Å². The van der Waals surface area contributed by atoms with Crippen LogP contribution in [0.2, 0.25) is 4.34 Å². The normalized spacial score (nSPS) is 16.6. The second-order valence-electron chi connectivity index (χ2n) is 6.12. The van der Waals surface area contributed by atoms with Gasteiger partial charge in [0.15, 0.2) is 5.82 Å². The molecule has 10 heteroatoms. The fourth-order valence-corrected chi connectivity index (χ4v) is 5.97. The predicted molar refractivity (Wildman–Crippen MR) is 103 cm³/mol. The van der Waals surface area contributed by atoms with Crippen molar-refractivity contribution in [1.82, 2.24) is 19.3 Å². The van der Waals surface area contributed by atoms with Gasteiger partial charge in [-0.25, -0.2) is 8.42 Å². The lowest BCUT2D eigenvalue weighted by Gasteiger charge is -2.32. The fourth-order valence-electron chi connectivity index (χ4n) is 2.91. The molecule has 0 bridgehead atoms. The summed E-state index contributed by atoms with van der Waals surface area (Å²) >= 11 is 6.95. The summed E-state index contributed by atoms with van der Waals surface area (Å²) in [6, 6.07) is 12.8. The molecule has 0 N–H and O–H groups in total. The van der Waals surface area contributed by atoms with Crippen LogP contribution >= 0.6 is 22.9 Å². The third kappa shape index (κ3) is 4.07. The number of hydrogen-bond acceptors (Lipinski definition) is 7. The number of sulfonamides is 1. The van der Waals surface area contributed by atoms with Crippen LogP contribution in [0, 0.1) is 0 Å². The number of thiophene rings is 1. The molecule has 0 amide bonds. The Kier molecular flexibility index (Phi) is 5.29. The van der Waals surface area contributed by atoms with Crippen LogP contribution < -0.4 is 0 Å². The second kappa shape index (κ2) is 7.69. The molecular weight excluding hydrogens is 408 g/mol. The van der Waals surface area contributed by atoms with E-state index in [-0.39, 0.29) is 4.21 Å². The standard InChI is InChI=1S/C17H17ClN4O3S2/c18-14-6-7-16(26-14)27(23,24)22-10-8-21(9-11-22)12-15-19-17(25-20-15)13-4-2-1-3-5-13/h1-7H,8-12H2. The summed E-state index contributed by atoms with van der Waals surface area (Å²) in [5.74, 6) is 1.08. The zero-order valence-corrected chi connectivity index (χ0v) is 16.7.